The lowest BCUT2D eigenvalue weighted by atomic mass is 10.1. The third-order valence-corrected chi connectivity index (χ3v) is 2.83. The minimum Gasteiger partial charge on any atom is -0.294 e. The maximum absolute atomic E-state index is 11.4. The van der Waals surface area contributed by atoms with Gasteiger partial charge in [-0.05, 0) is 18.2 Å². The average Bonchev–Trinajstić information content (AvgIpc) is 2.18. The molecule has 88 valence electrons. The molecule has 0 aliphatic rings. The number of sulfonamides is 1. The number of carbonyl (C=O) groups is 1. The smallest absolute Gasteiger partial charge is 0.229 e. The Bertz CT molecular complexity index is 511. The molecule has 0 saturated carbocycles. The summed E-state index contributed by atoms with van der Waals surface area (Å²) < 4.78 is 24.4. The Morgan fingerprint density at radius 3 is 2.56 bits per heavy atom. The van der Waals surface area contributed by atoms with Crippen molar-refractivity contribution in [2.45, 2.75) is 13.3 Å². The van der Waals surface area contributed by atoms with Crippen LogP contribution in [0, 0.1) is 0 Å². The van der Waals surface area contributed by atoms with E-state index >= 15 is 0 Å². The van der Waals surface area contributed by atoms with Gasteiger partial charge < -0.3 is 0 Å². The van der Waals surface area contributed by atoms with Crippen LogP contribution in [0.1, 0.15) is 23.7 Å². The Morgan fingerprint density at radius 1 is 1.44 bits per heavy atom. The number of rotatable bonds is 4. The van der Waals surface area contributed by atoms with Crippen LogP contribution in [0.3, 0.4) is 0 Å². The van der Waals surface area contributed by atoms with Crippen LogP contribution in [0.5, 0.6) is 0 Å². The molecule has 0 aromatic heterocycles. The Kier molecular flexibility index (Phi) is 3.93. The van der Waals surface area contributed by atoms with Gasteiger partial charge in [0.05, 0.1) is 17.0 Å². The van der Waals surface area contributed by atoms with E-state index in [4.69, 9.17) is 11.6 Å². The van der Waals surface area contributed by atoms with Crippen molar-refractivity contribution in [1.29, 1.82) is 0 Å². The molecule has 0 saturated heterocycles. The van der Waals surface area contributed by atoms with Gasteiger partial charge in [-0.25, -0.2) is 8.42 Å². The molecule has 0 spiro atoms. The number of hydrogen-bond acceptors (Lipinski definition) is 3. The summed E-state index contributed by atoms with van der Waals surface area (Å²) in [6.07, 6.45) is 1.39. The zero-order chi connectivity index (χ0) is 12.3. The molecular weight excluding hydrogens is 250 g/mol. The van der Waals surface area contributed by atoms with Crippen molar-refractivity contribution in [2.75, 3.05) is 11.0 Å². The second-order valence-electron chi connectivity index (χ2n) is 3.35. The van der Waals surface area contributed by atoms with E-state index in [9.17, 15) is 13.2 Å². The van der Waals surface area contributed by atoms with Gasteiger partial charge >= 0.3 is 0 Å². The van der Waals surface area contributed by atoms with Gasteiger partial charge in [-0.15, -0.1) is 0 Å². The summed E-state index contributed by atoms with van der Waals surface area (Å²) in [6, 6.07) is 4.51. The topological polar surface area (TPSA) is 63.2 Å². The van der Waals surface area contributed by atoms with E-state index in [2.05, 4.69) is 4.72 Å². The highest BCUT2D eigenvalue weighted by Crippen LogP contribution is 2.24. The molecule has 4 nitrogen and oxygen atoms in total. The van der Waals surface area contributed by atoms with Crippen LogP contribution in [-0.2, 0) is 10.0 Å². The number of nitrogens with one attached hydrogen (secondary N) is 1. The molecule has 0 radical (unpaired) electrons. The summed E-state index contributed by atoms with van der Waals surface area (Å²) in [5.41, 5.74) is 0.668. The summed E-state index contributed by atoms with van der Waals surface area (Å²) >= 11 is 5.81. The molecule has 0 aliphatic carbocycles. The molecule has 1 rings (SSSR count). The summed E-state index contributed by atoms with van der Waals surface area (Å²) in [7, 11) is -3.39. The molecule has 0 unspecified atom stereocenters. The molecule has 16 heavy (non-hydrogen) atoms. The second-order valence-corrected chi connectivity index (χ2v) is 5.50. The molecule has 0 aliphatic heterocycles. The first-order valence-electron chi connectivity index (χ1n) is 4.64. The van der Waals surface area contributed by atoms with Crippen molar-refractivity contribution >= 4 is 33.1 Å². The van der Waals surface area contributed by atoms with Crippen LogP contribution in [0.15, 0.2) is 18.2 Å². The minimum absolute atomic E-state index is 0.0618. The third-order valence-electron chi connectivity index (χ3n) is 1.90. The van der Waals surface area contributed by atoms with Gasteiger partial charge in [-0.2, -0.15) is 0 Å². The van der Waals surface area contributed by atoms with E-state index in [-0.39, 0.29) is 16.5 Å². The van der Waals surface area contributed by atoms with E-state index < -0.39 is 10.0 Å². The molecule has 1 aromatic rings. The fourth-order valence-electron chi connectivity index (χ4n) is 1.18. The highest BCUT2D eigenvalue weighted by molar-refractivity contribution is 7.92. The number of carbonyl (C=O) groups excluding carboxylic acids is 1. The first-order chi connectivity index (χ1) is 7.33. The standard InChI is InChI=1S/C10H12ClNO3S/c1-3-10(13)7-4-5-8(11)9(6-7)12-16(2,14)15/h4-6,12H,3H2,1-2H3. The average molecular weight is 262 g/mol. The number of halogens is 1. The number of ketones is 1. The monoisotopic (exact) mass is 261 g/mol. The van der Waals surface area contributed by atoms with Crippen LogP contribution in [0.25, 0.3) is 0 Å². The van der Waals surface area contributed by atoms with E-state index in [0.29, 0.717) is 12.0 Å². The molecule has 1 N–H and O–H groups in total. The largest absolute Gasteiger partial charge is 0.294 e. The lowest BCUT2D eigenvalue weighted by molar-refractivity contribution is 0.0988. The van der Waals surface area contributed by atoms with E-state index in [1.807, 2.05) is 0 Å². The van der Waals surface area contributed by atoms with Gasteiger partial charge in [0.15, 0.2) is 5.78 Å². The number of benzene rings is 1. The predicted octanol–water partition coefficient (Wildman–Crippen LogP) is 2.30. The van der Waals surface area contributed by atoms with Crippen LogP contribution < -0.4 is 4.72 Å². The zero-order valence-electron chi connectivity index (χ0n) is 8.95. The first-order valence-corrected chi connectivity index (χ1v) is 6.91. The minimum atomic E-state index is -3.39. The maximum atomic E-state index is 11.4. The third kappa shape index (κ3) is 3.50. The lowest BCUT2D eigenvalue weighted by Crippen LogP contribution is -2.10. The highest BCUT2D eigenvalue weighted by atomic mass is 35.5. The van der Waals surface area contributed by atoms with Crippen LogP contribution >= 0.6 is 11.6 Å². The van der Waals surface area contributed by atoms with E-state index in [0.717, 1.165) is 6.26 Å². The Hall–Kier alpha value is -1.07. The van der Waals surface area contributed by atoms with Crippen molar-refractivity contribution in [1.82, 2.24) is 0 Å². The van der Waals surface area contributed by atoms with Crippen LogP contribution in [0.4, 0.5) is 5.69 Å². The molecule has 0 fully saturated rings. The number of hydrogen-bond donors (Lipinski definition) is 1. The SMILES string of the molecule is CCC(=O)c1ccc(Cl)c(NS(C)(=O)=O)c1. The summed E-state index contributed by atoms with van der Waals surface area (Å²) in [6.45, 7) is 1.74. The van der Waals surface area contributed by atoms with Gasteiger partial charge in [0.1, 0.15) is 0 Å². The van der Waals surface area contributed by atoms with E-state index in [1.165, 1.54) is 12.1 Å². The quantitative estimate of drug-likeness (QED) is 0.846. The Balaban J connectivity index is 3.14. The number of Topliss-reactive ketones (excluding diaryl/α,β-unsaturated/α-hetero) is 1. The lowest BCUT2D eigenvalue weighted by Gasteiger charge is -2.07. The summed E-state index contributed by atoms with van der Waals surface area (Å²) in [5.74, 6) is -0.0618. The molecule has 0 atom stereocenters. The molecule has 0 amide bonds. The maximum Gasteiger partial charge on any atom is 0.229 e. The van der Waals surface area contributed by atoms with Gasteiger partial charge in [0, 0.05) is 12.0 Å². The Morgan fingerprint density at radius 2 is 2.06 bits per heavy atom. The van der Waals surface area contributed by atoms with Gasteiger partial charge in [0.25, 0.3) is 0 Å². The highest BCUT2D eigenvalue weighted by Gasteiger charge is 2.10. The normalized spacial score (nSPS) is 11.2. The molecule has 1 aromatic carbocycles. The molecule has 6 heteroatoms. The second kappa shape index (κ2) is 4.84. The fraction of sp³-hybridized carbons (Fsp3) is 0.300. The molecule has 0 heterocycles. The van der Waals surface area contributed by atoms with Crippen LogP contribution in [-0.4, -0.2) is 20.5 Å². The zero-order valence-corrected chi connectivity index (χ0v) is 10.5. The summed E-state index contributed by atoms with van der Waals surface area (Å²) in [5, 5.41) is 0.262. The van der Waals surface area contributed by atoms with Gasteiger partial charge in [0.2, 0.25) is 10.0 Å². The van der Waals surface area contributed by atoms with Crippen molar-refractivity contribution < 1.29 is 13.2 Å². The van der Waals surface area contributed by atoms with Crippen LogP contribution in [0.2, 0.25) is 5.02 Å². The first kappa shape index (κ1) is 13.0. The van der Waals surface area contributed by atoms with Gasteiger partial charge in [-0.1, -0.05) is 18.5 Å². The predicted molar refractivity (Wildman–Crippen MR) is 64.5 cm³/mol. The summed E-state index contributed by atoms with van der Waals surface area (Å²) in [4.78, 5) is 11.4. The van der Waals surface area contributed by atoms with Crippen molar-refractivity contribution in [3.8, 4) is 0 Å². The fourth-order valence-corrected chi connectivity index (χ4v) is 1.97. The van der Waals surface area contributed by atoms with Crippen molar-refractivity contribution in [3.63, 3.8) is 0 Å². The van der Waals surface area contributed by atoms with E-state index in [1.54, 1.807) is 13.0 Å². The van der Waals surface area contributed by atoms with Gasteiger partial charge in [-0.3, -0.25) is 9.52 Å². The van der Waals surface area contributed by atoms with Crippen molar-refractivity contribution in [2.24, 2.45) is 0 Å². The van der Waals surface area contributed by atoms with Crippen molar-refractivity contribution in [3.05, 3.63) is 28.8 Å². The number of anilines is 1. The molecular formula is C10H12ClNO3S. The Labute approximate surface area is 99.7 Å². The molecule has 0 bridgehead atoms.